The molecule has 1 amide bonds. The SMILES string of the molecule is CS(=O)(=O)NCc1ccc(C(=O)NCC2(O)CCc3ccccc32)o1. The van der Waals surface area contributed by atoms with E-state index in [0.717, 1.165) is 23.8 Å². The van der Waals surface area contributed by atoms with Gasteiger partial charge in [-0.1, -0.05) is 24.3 Å². The quantitative estimate of drug-likeness (QED) is 0.705. The van der Waals surface area contributed by atoms with Crippen molar-refractivity contribution in [1.29, 1.82) is 0 Å². The molecule has 7 nitrogen and oxygen atoms in total. The number of benzene rings is 1. The molecular weight excluding hydrogens is 344 g/mol. The third-order valence-electron chi connectivity index (χ3n) is 4.26. The lowest BCUT2D eigenvalue weighted by molar-refractivity contribution is 0.0364. The summed E-state index contributed by atoms with van der Waals surface area (Å²) in [5, 5.41) is 13.5. The number of hydrogen-bond acceptors (Lipinski definition) is 5. The number of fused-ring (bicyclic) bond motifs is 1. The van der Waals surface area contributed by atoms with Crippen molar-refractivity contribution in [3.8, 4) is 0 Å². The molecule has 3 N–H and O–H groups in total. The molecular formula is C17H20N2O5S. The molecule has 8 heteroatoms. The minimum atomic E-state index is -3.33. The van der Waals surface area contributed by atoms with Gasteiger partial charge in [-0.25, -0.2) is 13.1 Å². The Morgan fingerprint density at radius 3 is 2.80 bits per heavy atom. The zero-order valence-electron chi connectivity index (χ0n) is 13.8. The van der Waals surface area contributed by atoms with E-state index in [9.17, 15) is 18.3 Å². The van der Waals surface area contributed by atoms with E-state index in [1.807, 2.05) is 24.3 Å². The second-order valence-corrected chi connectivity index (χ2v) is 8.06. The average molecular weight is 364 g/mol. The van der Waals surface area contributed by atoms with Crippen LogP contribution in [0.15, 0.2) is 40.8 Å². The van der Waals surface area contributed by atoms with Crippen molar-refractivity contribution < 1.29 is 22.7 Å². The zero-order chi connectivity index (χ0) is 18.1. The predicted octanol–water partition coefficient (Wildman–Crippen LogP) is 0.893. The van der Waals surface area contributed by atoms with Gasteiger partial charge in [0.2, 0.25) is 10.0 Å². The van der Waals surface area contributed by atoms with Crippen LogP contribution < -0.4 is 10.0 Å². The van der Waals surface area contributed by atoms with Gasteiger partial charge in [0, 0.05) is 0 Å². The largest absolute Gasteiger partial charge is 0.455 e. The van der Waals surface area contributed by atoms with Crippen molar-refractivity contribution in [3.63, 3.8) is 0 Å². The Hall–Kier alpha value is -2.16. The highest BCUT2D eigenvalue weighted by Crippen LogP contribution is 2.36. The summed E-state index contributed by atoms with van der Waals surface area (Å²) in [4.78, 5) is 12.2. The smallest absolute Gasteiger partial charge is 0.287 e. The summed E-state index contributed by atoms with van der Waals surface area (Å²) in [6, 6.07) is 10.6. The van der Waals surface area contributed by atoms with Gasteiger partial charge in [-0.05, 0) is 36.1 Å². The number of sulfonamides is 1. The van der Waals surface area contributed by atoms with E-state index in [2.05, 4.69) is 10.0 Å². The van der Waals surface area contributed by atoms with Gasteiger partial charge in [0.15, 0.2) is 5.76 Å². The number of hydrogen-bond donors (Lipinski definition) is 3. The number of carbonyl (C=O) groups excluding carboxylic acids is 1. The maximum absolute atomic E-state index is 12.2. The number of aliphatic hydroxyl groups is 1. The van der Waals surface area contributed by atoms with Crippen molar-refractivity contribution in [2.45, 2.75) is 25.0 Å². The first kappa shape index (κ1) is 17.7. The zero-order valence-corrected chi connectivity index (χ0v) is 14.6. The lowest BCUT2D eigenvalue weighted by Gasteiger charge is -2.24. The first-order valence-electron chi connectivity index (χ1n) is 7.89. The van der Waals surface area contributed by atoms with Crippen molar-refractivity contribution in [1.82, 2.24) is 10.0 Å². The third-order valence-corrected chi connectivity index (χ3v) is 4.93. The fraction of sp³-hybridized carbons (Fsp3) is 0.353. The first-order chi connectivity index (χ1) is 11.8. The summed E-state index contributed by atoms with van der Waals surface area (Å²) in [7, 11) is -3.33. The highest BCUT2D eigenvalue weighted by molar-refractivity contribution is 7.88. The standard InChI is InChI=1S/C17H20N2O5S/c1-25(22,23)19-10-13-6-7-15(24-13)16(20)18-11-17(21)9-8-12-4-2-3-5-14(12)17/h2-7,19,21H,8-11H2,1H3,(H,18,20). The van der Waals surface area contributed by atoms with Gasteiger partial charge >= 0.3 is 0 Å². The molecule has 0 spiro atoms. The van der Waals surface area contributed by atoms with Crippen LogP contribution in [0.3, 0.4) is 0 Å². The van der Waals surface area contributed by atoms with Crippen LogP contribution in [0.4, 0.5) is 0 Å². The van der Waals surface area contributed by atoms with Crippen LogP contribution in [-0.4, -0.2) is 32.2 Å². The fourth-order valence-electron chi connectivity index (χ4n) is 2.96. The molecule has 0 fully saturated rings. The summed E-state index contributed by atoms with van der Waals surface area (Å²) >= 11 is 0. The highest BCUT2D eigenvalue weighted by Gasteiger charge is 2.36. The third kappa shape index (κ3) is 4.09. The number of nitrogens with one attached hydrogen (secondary N) is 2. The van der Waals surface area contributed by atoms with Gasteiger partial charge in [0.05, 0.1) is 19.3 Å². The molecule has 0 bridgehead atoms. The molecule has 0 radical (unpaired) electrons. The summed E-state index contributed by atoms with van der Waals surface area (Å²) in [6.45, 7) is 0.0594. The molecule has 25 heavy (non-hydrogen) atoms. The Morgan fingerprint density at radius 1 is 1.28 bits per heavy atom. The molecule has 0 aliphatic heterocycles. The average Bonchev–Trinajstić information content (AvgIpc) is 3.17. The van der Waals surface area contributed by atoms with Crippen molar-refractivity contribution in [2.75, 3.05) is 12.8 Å². The van der Waals surface area contributed by atoms with E-state index >= 15 is 0 Å². The first-order valence-corrected chi connectivity index (χ1v) is 9.78. The number of aryl methyl sites for hydroxylation is 1. The van der Waals surface area contributed by atoms with Gasteiger partial charge in [-0.2, -0.15) is 0 Å². The molecule has 134 valence electrons. The maximum Gasteiger partial charge on any atom is 0.287 e. The van der Waals surface area contributed by atoms with E-state index < -0.39 is 21.5 Å². The van der Waals surface area contributed by atoms with Gasteiger partial charge in [0.1, 0.15) is 11.4 Å². The molecule has 2 aromatic rings. The van der Waals surface area contributed by atoms with E-state index in [4.69, 9.17) is 4.42 Å². The molecule has 1 heterocycles. The lowest BCUT2D eigenvalue weighted by Crippen LogP contribution is -2.39. The van der Waals surface area contributed by atoms with Crippen LogP contribution in [-0.2, 0) is 28.6 Å². The topological polar surface area (TPSA) is 109 Å². The van der Waals surface area contributed by atoms with Crippen molar-refractivity contribution in [2.24, 2.45) is 0 Å². The van der Waals surface area contributed by atoms with Gasteiger partial charge in [-0.15, -0.1) is 0 Å². The minimum absolute atomic E-state index is 0.0244. The Labute approximate surface area is 146 Å². The van der Waals surface area contributed by atoms with Crippen LogP contribution in [0.25, 0.3) is 0 Å². The summed E-state index contributed by atoms with van der Waals surface area (Å²) in [6.07, 6.45) is 2.36. The molecule has 1 atom stereocenters. The van der Waals surface area contributed by atoms with E-state index in [0.29, 0.717) is 12.2 Å². The summed E-state index contributed by atoms with van der Waals surface area (Å²) in [5.41, 5.74) is 0.846. The molecule has 1 aliphatic carbocycles. The monoisotopic (exact) mass is 364 g/mol. The molecule has 0 saturated carbocycles. The van der Waals surface area contributed by atoms with Crippen molar-refractivity contribution >= 4 is 15.9 Å². The second-order valence-electron chi connectivity index (χ2n) is 6.23. The molecule has 1 aromatic carbocycles. The number of rotatable bonds is 6. The highest BCUT2D eigenvalue weighted by atomic mass is 32.2. The number of furan rings is 1. The Balaban J connectivity index is 1.61. The number of carbonyl (C=O) groups is 1. The fourth-order valence-corrected chi connectivity index (χ4v) is 3.37. The van der Waals surface area contributed by atoms with E-state index in [1.165, 1.54) is 12.1 Å². The van der Waals surface area contributed by atoms with Crippen molar-refractivity contribution in [3.05, 3.63) is 59.0 Å². The summed E-state index contributed by atoms with van der Waals surface area (Å²) in [5.74, 6) is -0.0518. The molecule has 1 aliphatic rings. The van der Waals surface area contributed by atoms with Gasteiger partial charge in [-0.3, -0.25) is 4.79 Å². The molecule has 1 unspecified atom stereocenters. The van der Waals surface area contributed by atoms with Crippen LogP contribution in [0.2, 0.25) is 0 Å². The van der Waals surface area contributed by atoms with E-state index in [1.54, 1.807) is 0 Å². The van der Waals surface area contributed by atoms with Crippen LogP contribution in [0, 0.1) is 0 Å². The lowest BCUT2D eigenvalue weighted by atomic mass is 9.96. The van der Waals surface area contributed by atoms with Crippen LogP contribution in [0.1, 0.15) is 33.9 Å². The predicted molar refractivity (Wildman–Crippen MR) is 91.4 cm³/mol. The Kier molecular flexibility index (Phi) is 4.68. The van der Waals surface area contributed by atoms with Crippen LogP contribution >= 0.6 is 0 Å². The maximum atomic E-state index is 12.2. The summed E-state index contributed by atoms with van der Waals surface area (Å²) < 4.78 is 29.8. The Morgan fingerprint density at radius 2 is 2.04 bits per heavy atom. The second kappa shape index (κ2) is 6.62. The Bertz CT molecular complexity index is 890. The number of amides is 1. The van der Waals surface area contributed by atoms with Gasteiger partial charge in [0.25, 0.3) is 5.91 Å². The van der Waals surface area contributed by atoms with Gasteiger partial charge < -0.3 is 14.8 Å². The molecule has 1 aromatic heterocycles. The van der Waals surface area contributed by atoms with E-state index in [-0.39, 0.29) is 18.8 Å². The molecule has 0 saturated heterocycles. The molecule has 3 rings (SSSR count). The minimum Gasteiger partial charge on any atom is -0.455 e. The normalized spacial score (nSPS) is 19.6. The van der Waals surface area contributed by atoms with Crippen LogP contribution in [0.5, 0.6) is 0 Å².